The number of hydrogen-bond donors (Lipinski definition) is 1. The third-order valence-electron chi connectivity index (χ3n) is 5.67. The molecule has 106 valence electrons. The normalized spacial score (nSPS) is 31.6. The highest BCUT2D eigenvalue weighted by Gasteiger charge is 2.57. The van der Waals surface area contributed by atoms with Crippen molar-refractivity contribution < 1.29 is 5.11 Å². The van der Waals surface area contributed by atoms with E-state index in [1.54, 1.807) is 0 Å². The molecule has 20 heavy (non-hydrogen) atoms. The van der Waals surface area contributed by atoms with Gasteiger partial charge in [-0.25, -0.2) is 0 Å². The lowest BCUT2D eigenvalue weighted by Crippen LogP contribution is -2.55. The van der Waals surface area contributed by atoms with E-state index in [0.29, 0.717) is 12.8 Å². The van der Waals surface area contributed by atoms with Crippen LogP contribution in [0.25, 0.3) is 0 Å². The molecule has 2 heteroatoms. The molecular formula is C18H23NO. The standard InChI is InChI=1S/C18H23NO/c1-2-16-9-5-6-10-18(16,20)17(13-19)11-14-7-3-4-8-15(14)12-17/h3-4,7-8,16,20H,2,5-6,9-12H2,1H3. The summed E-state index contributed by atoms with van der Waals surface area (Å²) < 4.78 is 0. The molecule has 0 saturated heterocycles. The Labute approximate surface area is 121 Å². The van der Waals surface area contributed by atoms with Gasteiger partial charge >= 0.3 is 0 Å². The highest BCUT2D eigenvalue weighted by molar-refractivity contribution is 5.39. The van der Waals surface area contributed by atoms with Crippen LogP contribution in [0.15, 0.2) is 24.3 Å². The van der Waals surface area contributed by atoms with Crippen molar-refractivity contribution in [2.75, 3.05) is 0 Å². The molecule has 1 fully saturated rings. The lowest BCUT2D eigenvalue weighted by molar-refractivity contribution is -0.122. The topological polar surface area (TPSA) is 44.0 Å². The van der Waals surface area contributed by atoms with Crippen molar-refractivity contribution in [3.63, 3.8) is 0 Å². The first-order valence-electron chi connectivity index (χ1n) is 7.85. The van der Waals surface area contributed by atoms with E-state index in [4.69, 9.17) is 0 Å². The summed E-state index contributed by atoms with van der Waals surface area (Å²) in [5.74, 6) is 0.269. The molecule has 1 aromatic carbocycles. The molecule has 0 spiro atoms. The SMILES string of the molecule is CCC1CCCCC1(O)C1(C#N)Cc2ccccc2C1. The van der Waals surface area contributed by atoms with E-state index in [1.807, 2.05) is 12.1 Å². The van der Waals surface area contributed by atoms with Gasteiger partial charge in [0.15, 0.2) is 0 Å². The monoisotopic (exact) mass is 269 g/mol. The minimum Gasteiger partial charge on any atom is -0.388 e. The Balaban J connectivity index is 2.01. The van der Waals surface area contributed by atoms with Gasteiger partial charge in [-0.2, -0.15) is 5.26 Å². The summed E-state index contributed by atoms with van der Waals surface area (Å²) in [6.07, 6.45) is 6.48. The maximum absolute atomic E-state index is 11.4. The fraction of sp³-hybridized carbons (Fsp3) is 0.611. The van der Waals surface area contributed by atoms with E-state index >= 15 is 0 Å². The van der Waals surface area contributed by atoms with Crippen LogP contribution in [-0.2, 0) is 12.8 Å². The van der Waals surface area contributed by atoms with Gasteiger partial charge in [0, 0.05) is 0 Å². The van der Waals surface area contributed by atoms with Crippen molar-refractivity contribution in [3.8, 4) is 6.07 Å². The lowest BCUT2D eigenvalue weighted by atomic mass is 9.58. The van der Waals surface area contributed by atoms with Gasteiger partial charge in [-0.1, -0.05) is 50.5 Å². The fourth-order valence-corrected chi connectivity index (χ4v) is 4.50. The van der Waals surface area contributed by atoms with Crippen LogP contribution in [-0.4, -0.2) is 10.7 Å². The molecule has 1 N–H and O–H groups in total. The van der Waals surface area contributed by atoms with E-state index < -0.39 is 11.0 Å². The van der Waals surface area contributed by atoms with Gasteiger partial charge < -0.3 is 5.11 Å². The van der Waals surface area contributed by atoms with Gasteiger partial charge in [0.05, 0.1) is 17.1 Å². The fourth-order valence-electron chi connectivity index (χ4n) is 4.50. The van der Waals surface area contributed by atoms with Crippen LogP contribution >= 0.6 is 0 Å². The second-order valence-corrected chi connectivity index (χ2v) is 6.59. The van der Waals surface area contributed by atoms with E-state index in [-0.39, 0.29) is 5.92 Å². The average molecular weight is 269 g/mol. The molecule has 0 amide bonds. The molecule has 1 aromatic rings. The van der Waals surface area contributed by atoms with Crippen molar-refractivity contribution in [1.29, 1.82) is 5.26 Å². The number of benzene rings is 1. The first-order chi connectivity index (χ1) is 9.65. The van der Waals surface area contributed by atoms with E-state index in [1.165, 1.54) is 17.5 Å². The van der Waals surface area contributed by atoms with Gasteiger partial charge in [-0.3, -0.25) is 0 Å². The van der Waals surface area contributed by atoms with Crippen LogP contribution in [0, 0.1) is 22.7 Å². The zero-order valence-corrected chi connectivity index (χ0v) is 12.2. The predicted molar refractivity (Wildman–Crippen MR) is 79.1 cm³/mol. The Bertz CT molecular complexity index is 520. The van der Waals surface area contributed by atoms with Gasteiger partial charge in [-0.15, -0.1) is 0 Å². The molecule has 2 nitrogen and oxygen atoms in total. The average Bonchev–Trinajstić information content (AvgIpc) is 2.88. The highest BCUT2D eigenvalue weighted by atomic mass is 16.3. The second kappa shape index (κ2) is 4.90. The molecular weight excluding hydrogens is 246 g/mol. The zero-order valence-electron chi connectivity index (χ0n) is 12.2. The summed E-state index contributed by atoms with van der Waals surface area (Å²) in [5, 5.41) is 21.3. The molecule has 0 heterocycles. The number of nitrogens with zero attached hydrogens (tertiary/aromatic N) is 1. The number of hydrogen-bond acceptors (Lipinski definition) is 2. The molecule has 2 atom stereocenters. The van der Waals surface area contributed by atoms with Crippen LogP contribution in [0.3, 0.4) is 0 Å². The molecule has 0 aromatic heterocycles. The predicted octanol–water partition coefficient (Wildman–Crippen LogP) is 3.63. The summed E-state index contributed by atoms with van der Waals surface area (Å²) in [4.78, 5) is 0. The molecule has 0 bridgehead atoms. The van der Waals surface area contributed by atoms with Crippen LogP contribution < -0.4 is 0 Å². The maximum Gasteiger partial charge on any atom is 0.0943 e. The maximum atomic E-state index is 11.4. The number of fused-ring (bicyclic) bond motifs is 1. The number of aliphatic hydroxyl groups is 1. The molecule has 0 aliphatic heterocycles. The first kappa shape index (κ1) is 13.6. The quantitative estimate of drug-likeness (QED) is 0.891. The van der Waals surface area contributed by atoms with Gasteiger partial charge in [-0.05, 0) is 42.7 Å². The van der Waals surface area contributed by atoms with Crippen molar-refractivity contribution in [3.05, 3.63) is 35.4 Å². The zero-order chi connectivity index (χ0) is 14.2. The molecule has 1 saturated carbocycles. The summed E-state index contributed by atoms with van der Waals surface area (Å²) in [5.41, 5.74) is 1.08. The minimum absolute atomic E-state index is 0.269. The van der Waals surface area contributed by atoms with Crippen molar-refractivity contribution in [1.82, 2.24) is 0 Å². The first-order valence-corrected chi connectivity index (χ1v) is 7.85. The Morgan fingerprint density at radius 1 is 1.25 bits per heavy atom. The Kier molecular flexibility index (Phi) is 3.34. The van der Waals surface area contributed by atoms with Gasteiger partial charge in [0.1, 0.15) is 0 Å². The van der Waals surface area contributed by atoms with Gasteiger partial charge in [0.2, 0.25) is 0 Å². The van der Waals surface area contributed by atoms with E-state index in [9.17, 15) is 10.4 Å². The summed E-state index contributed by atoms with van der Waals surface area (Å²) in [7, 11) is 0. The van der Waals surface area contributed by atoms with Crippen LogP contribution in [0.2, 0.25) is 0 Å². The van der Waals surface area contributed by atoms with Crippen LogP contribution in [0.4, 0.5) is 0 Å². The van der Waals surface area contributed by atoms with Crippen molar-refractivity contribution in [2.24, 2.45) is 11.3 Å². The minimum atomic E-state index is -0.812. The molecule has 0 radical (unpaired) electrons. The molecule has 2 aliphatic rings. The number of rotatable bonds is 2. The lowest BCUT2D eigenvalue weighted by Gasteiger charge is -2.48. The Morgan fingerprint density at radius 2 is 1.90 bits per heavy atom. The Hall–Kier alpha value is -1.33. The summed E-state index contributed by atoms with van der Waals surface area (Å²) >= 11 is 0. The highest BCUT2D eigenvalue weighted by Crippen LogP contribution is 2.53. The van der Waals surface area contributed by atoms with Crippen molar-refractivity contribution >= 4 is 0 Å². The molecule has 3 rings (SSSR count). The van der Waals surface area contributed by atoms with Crippen LogP contribution in [0.1, 0.15) is 50.2 Å². The van der Waals surface area contributed by atoms with Gasteiger partial charge in [0.25, 0.3) is 0 Å². The van der Waals surface area contributed by atoms with E-state index in [0.717, 1.165) is 25.7 Å². The number of nitriles is 1. The molecule has 2 unspecified atom stereocenters. The smallest absolute Gasteiger partial charge is 0.0943 e. The largest absolute Gasteiger partial charge is 0.388 e. The third kappa shape index (κ3) is 1.80. The summed E-state index contributed by atoms with van der Waals surface area (Å²) in [6.45, 7) is 2.15. The second-order valence-electron chi connectivity index (χ2n) is 6.59. The third-order valence-corrected chi connectivity index (χ3v) is 5.67. The Morgan fingerprint density at radius 3 is 2.45 bits per heavy atom. The van der Waals surface area contributed by atoms with E-state index in [2.05, 4.69) is 25.1 Å². The summed E-state index contributed by atoms with van der Waals surface area (Å²) in [6, 6.07) is 10.8. The van der Waals surface area contributed by atoms with Crippen molar-refractivity contribution in [2.45, 2.75) is 57.5 Å². The van der Waals surface area contributed by atoms with Crippen LogP contribution in [0.5, 0.6) is 0 Å². The molecule has 2 aliphatic carbocycles.